The van der Waals surface area contributed by atoms with Crippen LogP contribution in [-0.2, 0) is 13.6 Å². The van der Waals surface area contributed by atoms with Crippen molar-refractivity contribution < 1.29 is 18.7 Å². The number of halogens is 2. The van der Waals surface area contributed by atoms with Crippen LogP contribution in [0.4, 0.5) is 14.5 Å². The van der Waals surface area contributed by atoms with Crippen LogP contribution >= 0.6 is 0 Å². The zero-order valence-corrected chi connectivity index (χ0v) is 10.9. The summed E-state index contributed by atoms with van der Waals surface area (Å²) in [6.07, 6.45) is 1.60. The summed E-state index contributed by atoms with van der Waals surface area (Å²) in [7, 11) is 1.77. The van der Waals surface area contributed by atoms with Gasteiger partial charge in [0.05, 0.1) is 11.8 Å². The molecule has 2 aromatic rings. The van der Waals surface area contributed by atoms with Crippen LogP contribution in [0, 0.1) is 18.6 Å². The van der Waals surface area contributed by atoms with Gasteiger partial charge in [-0.25, -0.2) is 13.6 Å². The number of benzene rings is 1. The Morgan fingerprint density at radius 2 is 2.00 bits per heavy atom. The van der Waals surface area contributed by atoms with Crippen LogP contribution in [0.3, 0.4) is 0 Å². The van der Waals surface area contributed by atoms with Gasteiger partial charge in [-0.15, -0.1) is 0 Å². The summed E-state index contributed by atoms with van der Waals surface area (Å²) in [4.78, 5) is 10.7. The standard InChI is InChI=1S/C13H13F2N3O2/c1-7-9(6-17-18(7)2)5-16-12-10(14)3-8(13(19)20)4-11(12)15/h3-4,6,16H,5H2,1-2H3,(H,19,20). The van der Waals surface area contributed by atoms with E-state index in [9.17, 15) is 13.6 Å². The van der Waals surface area contributed by atoms with E-state index in [0.717, 1.165) is 23.4 Å². The lowest BCUT2D eigenvalue weighted by atomic mass is 10.1. The number of nitrogens with zero attached hydrogens (tertiary/aromatic N) is 2. The highest BCUT2D eigenvalue weighted by Gasteiger charge is 2.15. The number of carboxylic acid groups (broad SMARTS) is 1. The Hall–Kier alpha value is -2.44. The molecule has 0 radical (unpaired) electrons. The highest BCUT2D eigenvalue weighted by Crippen LogP contribution is 2.22. The normalized spacial score (nSPS) is 10.6. The topological polar surface area (TPSA) is 67.2 Å². The molecule has 0 aliphatic carbocycles. The molecule has 0 bridgehead atoms. The van der Waals surface area contributed by atoms with E-state index < -0.39 is 23.2 Å². The lowest BCUT2D eigenvalue weighted by Gasteiger charge is -2.09. The fourth-order valence-electron chi connectivity index (χ4n) is 1.77. The van der Waals surface area contributed by atoms with Crippen molar-refractivity contribution in [3.8, 4) is 0 Å². The van der Waals surface area contributed by atoms with E-state index in [1.54, 1.807) is 17.9 Å². The van der Waals surface area contributed by atoms with E-state index in [-0.39, 0.29) is 12.2 Å². The Labute approximate surface area is 113 Å². The summed E-state index contributed by atoms with van der Waals surface area (Å²) in [6, 6.07) is 1.56. The number of carbonyl (C=O) groups is 1. The fourth-order valence-corrected chi connectivity index (χ4v) is 1.77. The minimum absolute atomic E-state index is 0.194. The second-order valence-corrected chi connectivity index (χ2v) is 4.35. The zero-order valence-electron chi connectivity index (χ0n) is 10.9. The number of hydrogen-bond acceptors (Lipinski definition) is 3. The van der Waals surface area contributed by atoms with Gasteiger partial charge < -0.3 is 10.4 Å². The van der Waals surface area contributed by atoms with Gasteiger partial charge in [0.25, 0.3) is 0 Å². The maximum atomic E-state index is 13.7. The molecule has 0 fully saturated rings. The minimum atomic E-state index is -1.38. The lowest BCUT2D eigenvalue weighted by Crippen LogP contribution is -2.07. The average molecular weight is 281 g/mol. The number of anilines is 1. The van der Waals surface area contributed by atoms with Crippen molar-refractivity contribution >= 4 is 11.7 Å². The summed E-state index contributed by atoms with van der Waals surface area (Å²) in [6.45, 7) is 2.03. The Balaban J connectivity index is 2.22. The molecule has 0 spiro atoms. The molecule has 0 aliphatic rings. The van der Waals surface area contributed by atoms with Gasteiger partial charge in [-0.3, -0.25) is 4.68 Å². The Morgan fingerprint density at radius 1 is 1.40 bits per heavy atom. The minimum Gasteiger partial charge on any atom is -0.478 e. The molecule has 0 saturated heterocycles. The number of nitrogens with one attached hydrogen (secondary N) is 1. The molecule has 5 nitrogen and oxygen atoms in total. The first-order valence-electron chi connectivity index (χ1n) is 5.84. The average Bonchev–Trinajstić information content (AvgIpc) is 2.69. The Bertz CT molecular complexity index is 645. The molecular weight excluding hydrogens is 268 g/mol. The van der Waals surface area contributed by atoms with E-state index in [1.807, 2.05) is 6.92 Å². The van der Waals surface area contributed by atoms with Crippen LogP contribution in [0.1, 0.15) is 21.6 Å². The molecular formula is C13H13F2N3O2. The van der Waals surface area contributed by atoms with Gasteiger partial charge in [0.15, 0.2) is 0 Å². The van der Waals surface area contributed by atoms with Crippen molar-refractivity contribution in [1.29, 1.82) is 0 Å². The number of hydrogen-bond donors (Lipinski definition) is 2. The first-order chi connectivity index (χ1) is 9.40. The molecule has 0 unspecified atom stereocenters. The third-order valence-corrected chi connectivity index (χ3v) is 3.08. The van der Waals surface area contributed by atoms with Crippen molar-refractivity contribution in [2.45, 2.75) is 13.5 Å². The molecule has 0 aliphatic heterocycles. The van der Waals surface area contributed by atoms with Gasteiger partial charge in [0.2, 0.25) is 0 Å². The van der Waals surface area contributed by atoms with Crippen LogP contribution in [0.2, 0.25) is 0 Å². The van der Waals surface area contributed by atoms with Gasteiger partial charge in [0.1, 0.15) is 17.3 Å². The van der Waals surface area contributed by atoms with E-state index >= 15 is 0 Å². The van der Waals surface area contributed by atoms with Crippen molar-refractivity contribution in [1.82, 2.24) is 9.78 Å². The third kappa shape index (κ3) is 2.61. The van der Waals surface area contributed by atoms with Gasteiger partial charge in [-0.05, 0) is 19.1 Å². The largest absolute Gasteiger partial charge is 0.478 e. The molecule has 1 aromatic carbocycles. The second-order valence-electron chi connectivity index (χ2n) is 4.35. The van der Waals surface area contributed by atoms with E-state index in [0.29, 0.717) is 0 Å². The Kier molecular flexibility index (Phi) is 3.69. The Morgan fingerprint density at radius 3 is 2.45 bits per heavy atom. The quantitative estimate of drug-likeness (QED) is 0.902. The first kappa shape index (κ1) is 14.0. The molecule has 1 heterocycles. The number of carboxylic acids is 1. The lowest BCUT2D eigenvalue weighted by molar-refractivity contribution is 0.0696. The molecule has 0 amide bonds. The van der Waals surface area contributed by atoms with Gasteiger partial charge in [0, 0.05) is 24.8 Å². The molecule has 106 valence electrons. The highest BCUT2D eigenvalue weighted by molar-refractivity contribution is 5.88. The van der Waals surface area contributed by atoms with Crippen LogP contribution < -0.4 is 5.32 Å². The first-order valence-corrected chi connectivity index (χ1v) is 5.84. The molecule has 1 aromatic heterocycles. The van der Waals surface area contributed by atoms with Crippen molar-refractivity contribution in [3.63, 3.8) is 0 Å². The van der Waals surface area contributed by atoms with Crippen molar-refractivity contribution in [2.75, 3.05) is 5.32 Å². The monoisotopic (exact) mass is 281 g/mol. The number of aryl methyl sites for hydroxylation is 1. The van der Waals surface area contributed by atoms with Crippen LogP contribution in [0.15, 0.2) is 18.3 Å². The van der Waals surface area contributed by atoms with Crippen molar-refractivity contribution in [2.24, 2.45) is 7.05 Å². The number of rotatable bonds is 4. The predicted molar refractivity (Wildman–Crippen MR) is 68.6 cm³/mol. The smallest absolute Gasteiger partial charge is 0.335 e. The maximum Gasteiger partial charge on any atom is 0.335 e. The summed E-state index contributed by atoms with van der Waals surface area (Å²) in [5, 5.41) is 15.4. The van der Waals surface area contributed by atoms with E-state index in [4.69, 9.17) is 5.11 Å². The predicted octanol–water partition coefficient (Wildman–Crippen LogP) is 2.32. The fraction of sp³-hybridized carbons (Fsp3) is 0.231. The molecule has 0 atom stereocenters. The zero-order chi connectivity index (χ0) is 14.9. The van der Waals surface area contributed by atoms with Crippen LogP contribution in [-0.4, -0.2) is 20.9 Å². The van der Waals surface area contributed by atoms with E-state index in [1.165, 1.54) is 0 Å². The van der Waals surface area contributed by atoms with Crippen LogP contribution in [0.25, 0.3) is 0 Å². The molecule has 0 saturated carbocycles. The van der Waals surface area contributed by atoms with Gasteiger partial charge >= 0.3 is 5.97 Å². The van der Waals surface area contributed by atoms with Gasteiger partial charge in [-0.2, -0.15) is 5.10 Å². The van der Waals surface area contributed by atoms with Crippen molar-refractivity contribution in [3.05, 3.63) is 46.8 Å². The summed E-state index contributed by atoms with van der Waals surface area (Å²) in [5.41, 5.74) is 0.899. The molecule has 2 rings (SSSR count). The SMILES string of the molecule is Cc1c(CNc2c(F)cc(C(=O)O)cc2F)cnn1C. The molecule has 7 heteroatoms. The molecule has 20 heavy (non-hydrogen) atoms. The van der Waals surface area contributed by atoms with E-state index in [2.05, 4.69) is 10.4 Å². The van der Waals surface area contributed by atoms with Crippen LogP contribution in [0.5, 0.6) is 0 Å². The maximum absolute atomic E-state index is 13.7. The molecule has 2 N–H and O–H groups in total. The summed E-state index contributed by atoms with van der Waals surface area (Å²) < 4.78 is 29.0. The second kappa shape index (κ2) is 5.28. The number of aromatic nitrogens is 2. The third-order valence-electron chi connectivity index (χ3n) is 3.08. The highest BCUT2D eigenvalue weighted by atomic mass is 19.1. The number of aromatic carboxylic acids is 1. The summed E-state index contributed by atoms with van der Waals surface area (Å²) >= 11 is 0. The van der Waals surface area contributed by atoms with Gasteiger partial charge in [-0.1, -0.05) is 0 Å². The summed E-state index contributed by atoms with van der Waals surface area (Å²) in [5.74, 6) is -3.26.